The summed E-state index contributed by atoms with van der Waals surface area (Å²) < 4.78 is 0. The van der Waals surface area contributed by atoms with Gasteiger partial charge in [0.2, 0.25) is 11.8 Å². The van der Waals surface area contributed by atoms with Crippen molar-refractivity contribution in [1.82, 2.24) is 5.32 Å². The Morgan fingerprint density at radius 1 is 1.31 bits per heavy atom. The number of hydrogen-bond acceptors (Lipinski definition) is 3. The van der Waals surface area contributed by atoms with Gasteiger partial charge in [-0.25, -0.2) is 0 Å². The van der Waals surface area contributed by atoms with Gasteiger partial charge in [0.1, 0.15) is 6.04 Å². The van der Waals surface area contributed by atoms with E-state index in [1.165, 1.54) is 0 Å². The SMILES string of the molecule is CSCC[C@H](NC(=O)CCC(C)C)C(N)=O. The summed E-state index contributed by atoms with van der Waals surface area (Å²) in [4.78, 5) is 22.6. The zero-order chi connectivity index (χ0) is 12.6. The van der Waals surface area contributed by atoms with Crippen LogP contribution in [0.15, 0.2) is 0 Å². The predicted molar refractivity (Wildman–Crippen MR) is 68.2 cm³/mol. The van der Waals surface area contributed by atoms with E-state index in [-0.39, 0.29) is 5.91 Å². The van der Waals surface area contributed by atoms with Gasteiger partial charge in [0.15, 0.2) is 0 Å². The van der Waals surface area contributed by atoms with Crippen LogP contribution in [0.2, 0.25) is 0 Å². The average Bonchev–Trinajstić information content (AvgIpc) is 2.20. The van der Waals surface area contributed by atoms with Crippen molar-refractivity contribution >= 4 is 23.6 Å². The minimum absolute atomic E-state index is 0.0846. The second-order valence-corrected chi connectivity index (χ2v) is 5.22. The van der Waals surface area contributed by atoms with E-state index in [1.807, 2.05) is 6.26 Å². The minimum atomic E-state index is -0.521. The molecule has 4 nitrogen and oxygen atoms in total. The van der Waals surface area contributed by atoms with Crippen LogP contribution in [0.5, 0.6) is 0 Å². The maximum atomic E-state index is 11.5. The molecule has 0 aromatic rings. The number of thioether (sulfide) groups is 1. The largest absolute Gasteiger partial charge is 0.368 e. The monoisotopic (exact) mass is 246 g/mol. The molecule has 2 amide bonds. The fourth-order valence-electron chi connectivity index (χ4n) is 1.21. The molecule has 0 saturated carbocycles. The molecule has 3 N–H and O–H groups in total. The average molecular weight is 246 g/mol. The van der Waals surface area contributed by atoms with Gasteiger partial charge < -0.3 is 11.1 Å². The molecule has 0 aromatic carbocycles. The van der Waals surface area contributed by atoms with Crippen molar-refractivity contribution in [2.45, 2.75) is 39.2 Å². The maximum absolute atomic E-state index is 11.5. The number of carbonyl (C=O) groups excluding carboxylic acids is 2. The van der Waals surface area contributed by atoms with E-state index >= 15 is 0 Å². The molecule has 0 fully saturated rings. The Bertz CT molecular complexity index is 232. The first-order valence-electron chi connectivity index (χ1n) is 5.55. The standard InChI is InChI=1S/C11H22N2O2S/c1-8(2)4-5-10(14)13-9(11(12)15)6-7-16-3/h8-9H,4-7H2,1-3H3,(H2,12,15)(H,13,14)/t9-/m0/s1. The van der Waals surface area contributed by atoms with E-state index in [1.54, 1.807) is 11.8 Å². The Hall–Kier alpha value is -0.710. The number of rotatable bonds is 8. The summed E-state index contributed by atoms with van der Waals surface area (Å²) in [6, 6.07) is -0.521. The lowest BCUT2D eigenvalue weighted by Crippen LogP contribution is -2.44. The third-order valence-corrected chi connectivity index (χ3v) is 2.88. The van der Waals surface area contributed by atoms with Gasteiger partial charge in [-0.2, -0.15) is 11.8 Å². The summed E-state index contributed by atoms with van der Waals surface area (Å²) in [5.41, 5.74) is 5.22. The molecule has 94 valence electrons. The Kier molecular flexibility index (Phi) is 8.07. The Balaban J connectivity index is 3.98. The molecular formula is C11H22N2O2S. The summed E-state index contributed by atoms with van der Waals surface area (Å²) in [7, 11) is 0. The molecule has 0 saturated heterocycles. The van der Waals surface area contributed by atoms with Crippen molar-refractivity contribution in [2.24, 2.45) is 11.7 Å². The molecule has 0 aliphatic heterocycles. The topological polar surface area (TPSA) is 72.2 Å². The summed E-state index contributed by atoms with van der Waals surface area (Å²) in [5.74, 6) is 0.771. The van der Waals surface area contributed by atoms with Gasteiger partial charge in [-0.1, -0.05) is 13.8 Å². The number of hydrogen-bond donors (Lipinski definition) is 2. The van der Waals surface area contributed by atoms with Crippen molar-refractivity contribution in [2.75, 3.05) is 12.0 Å². The zero-order valence-corrected chi connectivity index (χ0v) is 11.1. The molecule has 0 rings (SSSR count). The van der Waals surface area contributed by atoms with Gasteiger partial charge in [-0.15, -0.1) is 0 Å². The molecule has 16 heavy (non-hydrogen) atoms. The van der Waals surface area contributed by atoms with Crippen molar-refractivity contribution in [3.8, 4) is 0 Å². The first-order chi connectivity index (χ1) is 7.47. The summed E-state index contributed by atoms with van der Waals surface area (Å²) in [6.07, 6.45) is 3.85. The van der Waals surface area contributed by atoms with Crippen molar-refractivity contribution in [3.63, 3.8) is 0 Å². The Labute approximate surface area is 102 Å². The summed E-state index contributed by atoms with van der Waals surface area (Å²) >= 11 is 1.63. The second kappa shape index (κ2) is 8.44. The highest BCUT2D eigenvalue weighted by atomic mass is 32.2. The molecule has 1 atom stereocenters. The van der Waals surface area contributed by atoms with E-state index < -0.39 is 11.9 Å². The van der Waals surface area contributed by atoms with E-state index in [4.69, 9.17) is 5.73 Å². The van der Waals surface area contributed by atoms with Crippen LogP contribution < -0.4 is 11.1 Å². The molecule has 0 bridgehead atoms. The zero-order valence-electron chi connectivity index (χ0n) is 10.3. The number of nitrogens with one attached hydrogen (secondary N) is 1. The van der Waals surface area contributed by atoms with E-state index in [0.717, 1.165) is 12.2 Å². The molecule has 0 spiro atoms. The molecule has 0 aliphatic rings. The molecule has 0 unspecified atom stereocenters. The predicted octanol–water partition coefficient (Wildman–Crippen LogP) is 1.15. The van der Waals surface area contributed by atoms with Gasteiger partial charge in [0.25, 0.3) is 0 Å². The molecule has 0 aromatic heterocycles. The van der Waals surface area contributed by atoms with Crippen LogP contribution in [0.1, 0.15) is 33.1 Å². The van der Waals surface area contributed by atoms with Crippen LogP contribution in [0.4, 0.5) is 0 Å². The van der Waals surface area contributed by atoms with Crippen molar-refractivity contribution < 1.29 is 9.59 Å². The Morgan fingerprint density at radius 3 is 2.38 bits per heavy atom. The van der Waals surface area contributed by atoms with Gasteiger partial charge in [-0.3, -0.25) is 9.59 Å². The highest BCUT2D eigenvalue weighted by molar-refractivity contribution is 7.98. The van der Waals surface area contributed by atoms with Crippen LogP contribution in [-0.4, -0.2) is 29.9 Å². The number of nitrogens with two attached hydrogens (primary N) is 1. The molecule has 5 heteroatoms. The highest BCUT2D eigenvalue weighted by Crippen LogP contribution is 2.05. The van der Waals surface area contributed by atoms with Crippen LogP contribution in [0.3, 0.4) is 0 Å². The van der Waals surface area contributed by atoms with Gasteiger partial charge in [-0.05, 0) is 30.8 Å². The van der Waals surface area contributed by atoms with Crippen LogP contribution in [0.25, 0.3) is 0 Å². The molecular weight excluding hydrogens is 224 g/mol. The number of amides is 2. The first kappa shape index (κ1) is 15.3. The molecule has 0 aliphatic carbocycles. The molecule has 0 radical (unpaired) electrons. The number of carbonyl (C=O) groups is 2. The fourth-order valence-corrected chi connectivity index (χ4v) is 1.68. The lowest BCUT2D eigenvalue weighted by Gasteiger charge is -2.15. The molecule has 0 heterocycles. The van der Waals surface area contributed by atoms with Crippen LogP contribution in [-0.2, 0) is 9.59 Å². The Morgan fingerprint density at radius 2 is 1.94 bits per heavy atom. The van der Waals surface area contributed by atoms with Crippen LogP contribution in [0, 0.1) is 5.92 Å². The summed E-state index contributed by atoms with van der Waals surface area (Å²) in [6.45, 7) is 4.12. The third-order valence-electron chi connectivity index (χ3n) is 2.24. The maximum Gasteiger partial charge on any atom is 0.240 e. The third kappa shape index (κ3) is 7.56. The number of primary amides is 1. The highest BCUT2D eigenvalue weighted by Gasteiger charge is 2.17. The van der Waals surface area contributed by atoms with Gasteiger partial charge in [0.05, 0.1) is 0 Å². The fraction of sp³-hybridized carbons (Fsp3) is 0.818. The van der Waals surface area contributed by atoms with Crippen LogP contribution >= 0.6 is 11.8 Å². The van der Waals surface area contributed by atoms with Crippen molar-refractivity contribution in [3.05, 3.63) is 0 Å². The van der Waals surface area contributed by atoms with Crippen molar-refractivity contribution in [1.29, 1.82) is 0 Å². The smallest absolute Gasteiger partial charge is 0.240 e. The van der Waals surface area contributed by atoms with Gasteiger partial charge >= 0.3 is 0 Å². The second-order valence-electron chi connectivity index (χ2n) is 4.24. The lowest BCUT2D eigenvalue weighted by molar-refractivity contribution is -0.127. The summed E-state index contributed by atoms with van der Waals surface area (Å²) in [5, 5.41) is 2.68. The van der Waals surface area contributed by atoms with E-state index in [9.17, 15) is 9.59 Å². The normalized spacial score (nSPS) is 12.5. The quantitative estimate of drug-likeness (QED) is 0.674. The van der Waals surface area contributed by atoms with Gasteiger partial charge in [0, 0.05) is 6.42 Å². The first-order valence-corrected chi connectivity index (χ1v) is 6.94. The van der Waals surface area contributed by atoms with E-state index in [0.29, 0.717) is 18.8 Å². The van der Waals surface area contributed by atoms with E-state index in [2.05, 4.69) is 19.2 Å². The minimum Gasteiger partial charge on any atom is -0.368 e. The lowest BCUT2D eigenvalue weighted by atomic mass is 10.1.